The first-order valence-electron chi connectivity index (χ1n) is 4.21. The Hall–Kier alpha value is -0.590. The molecule has 0 aliphatic carbocycles. The maximum Gasteiger partial charge on any atom is 0.227 e. The highest BCUT2D eigenvalue weighted by atomic mass is 31.2. The SMILES string of the molecule is Cc1cc(C)c(P(C)(=O)O)c(C)c1. The molecule has 2 nitrogen and oxygen atoms in total. The summed E-state index contributed by atoms with van der Waals surface area (Å²) in [5, 5.41) is 0.609. The highest BCUT2D eigenvalue weighted by molar-refractivity contribution is 7.65. The molecule has 1 aromatic rings. The molecule has 0 bridgehead atoms. The fourth-order valence-corrected chi connectivity index (χ4v) is 3.26. The van der Waals surface area contributed by atoms with Gasteiger partial charge in [0.1, 0.15) is 0 Å². The molecule has 72 valence electrons. The highest BCUT2D eigenvalue weighted by Crippen LogP contribution is 2.36. The van der Waals surface area contributed by atoms with Crippen molar-refractivity contribution in [2.24, 2.45) is 0 Å². The van der Waals surface area contributed by atoms with Crippen LogP contribution >= 0.6 is 7.37 Å². The number of hydrogen-bond acceptors (Lipinski definition) is 1. The average molecular weight is 198 g/mol. The van der Waals surface area contributed by atoms with Gasteiger partial charge in [-0.1, -0.05) is 17.7 Å². The van der Waals surface area contributed by atoms with Gasteiger partial charge in [-0.05, 0) is 31.9 Å². The van der Waals surface area contributed by atoms with Crippen molar-refractivity contribution in [2.75, 3.05) is 6.66 Å². The van der Waals surface area contributed by atoms with Gasteiger partial charge in [-0.3, -0.25) is 4.57 Å². The van der Waals surface area contributed by atoms with Gasteiger partial charge >= 0.3 is 0 Å². The van der Waals surface area contributed by atoms with Crippen LogP contribution in [-0.4, -0.2) is 11.6 Å². The molecule has 1 rings (SSSR count). The van der Waals surface area contributed by atoms with Gasteiger partial charge in [0, 0.05) is 12.0 Å². The summed E-state index contributed by atoms with van der Waals surface area (Å²) in [4.78, 5) is 9.50. The summed E-state index contributed by atoms with van der Waals surface area (Å²) in [6.07, 6.45) is 0. The zero-order chi connectivity index (χ0) is 10.2. The zero-order valence-corrected chi connectivity index (χ0v) is 9.35. The first-order valence-corrected chi connectivity index (χ1v) is 6.31. The van der Waals surface area contributed by atoms with E-state index in [-0.39, 0.29) is 0 Å². The first-order chi connectivity index (χ1) is 5.82. The van der Waals surface area contributed by atoms with Gasteiger partial charge in [0.2, 0.25) is 7.37 Å². The quantitative estimate of drug-likeness (QED) is 0.702. The molecule has 0 fully saturated rings. The molecule has 0 aliphatic heterocycles. The summed E-state index contributed by atoms with van der Waals surface area (Å²) in [7, 11) is -3.11. The normalized spacial score (nSPS) is 15.5. The van der Waals surface area contributed by atoms with E-state index in [4.69, 9.17) is 0 Å². The topological polar surface area (TPSA) is 37.3 Å². The van der Waals surface area contributed by atoms with Crippen LogP contribution < -0.4 is 5.30 Å². The van der Waals surface area contributed by atoms with Crippen molar-refractivity contribution >= 4 is 12.7 Å². The Morgan fingerprint density at radius 2 is 1.54 bits per heavy atom. The van der Waals surface area contributed by atoms with Crippen molar-refractivity contribution in [3.05, 3.63) is 28.8 Å². The Morgan fingerprint density at radius 1 is 1.15 bits per heavy atom. The predicted octanol–water partition coefficient (Wildman–Crippen LogP) is 2.14. The molecule has 1 unspecified atom stereocenters. The minimum Gasteiger partial charge on any atom is -0.341 e. The van der Waals surface area contributed by atoms with E-state index in [1.165, 1.54) is 6.66 Å². The average Bonchev–Trinajstić information content (AvgIpc) is 1.78. The largest absolute Gasteiger partial charge is 0.341 e. The van der Waals surface area contributed by atoms with Crippen LogP contribution in [-0.2, 0) is 4.57 Å². The van der Waals surface area contributed by atoms with Crippen LogP contribution in [0.3, 0.4) is 0 Å². The van der Waals surface area contributed by atoms with Gasteiger partial charge in [0.15, 0.2) is 0 Å². The third-order valence-electron chi connectivity index (χ3n) is 2.05. The lowest BCUT2D eigenvalue weighted by atomic mass is 10.1. The van der Waals surface area contributed by atoms with Crippen molar-refractivity contribution in [1.82, 2.24) is 0 Å². The number of rotatable bonds is 1. The summed E-state index contributed by atoms with van der Waals surface area (Å²) < 4.78 is 11.5. The van der Waals surface area contributed by atoms with Gasteiger partial charge in [-0.15, -0.1) is 0 Å². The summed E-state index contributed by atoms with van der Waals surface area (Å²) in [5.74, 6) is 0. The molecule has 0 aromatic heterocycles. The molecule has 0 saturated heterocycles. The van der Waals surface area contributed by atoms with Crippen molar-refractivity contribution < 1.29 is 9.46 Å². The van der Waals surface area contributed by atoms with Crippen LogP contribution in [0.5, 0.6) is 0 Å². The lowest BCUT2D eigenvalue weighted by Gasteiger charge is -2.13. The molecule has 1 N–H and O–H groups in total. The lowest BCUT2D eigenvalue weighted by molar-refractivity contribution is 0.496. The summed E-state index contributed by atoms with van der Waals surface area (Å²) in [6, 6.07) is 3.88. The Balaban J connectivity index is 3.47. The van der Waals surface area contributed by atoms with Gasteiger partial charge in [-0.2, -0.15) is 0 Å². The predicted molar refractivity (Wildman–Crippen MR) is 56.0 cm³/mol. The Morgan fingerprint density at radius 3 is 1.85 bits per heavy atom. The Kier molecular flexibility index (Phi) is 2.65. The van der Waals surface area contributed by atoms with E-state index < -0.39 is 7.37 Å². The van der Waals surface area contributed by atoms with Crippen LogP contribution in [0.25, 0.3) is 0 Å². The monoisotopic (exact) mass is 198 g/mol. The molecule has 3 heteroatoms. The van der Waals surface area contributed by atoms with E-state index in [1.54, 1.807) is 0 Å². The minimum absolute atomic E-state index is 0.609. The van der Waals surface area contributed by atoms with Crippen LogP contribution in [0.2, 0.25) is 0 Å². The van der Waals surface area contributed by atoms with Crippen molar-refractivity contribution in [2.45, 2.75) is 20.8 Å². The number of benzene rings is 1. The third kappa shape index (κ3) is 2.20. The van der Waals surface area contributed by atoms with Crippen molar-refractivity contribution in [3.63, 3.8) is 0 Å². The molecular weight excluding hydrogens is 183 g/mol. The van der Waals surface area contributed by atoms with E-state index >= 15 is 0 Å². The highest BCUT2D eigenvalue weighted by Gasteiger charge is 2.19. The van der Waals surface area contributed by atoms with E-state index in [1.807, 2.05) is 32.9 Å². The molecule has 13 heavy (non-hydrogen) atoms. The second kappa shape index (κ2) is 3.28. The first kappa shape index (κ1) is 10.5. The second-order valence-corrected chi connectivity index (χ2v) is 5.83. The van der Waals surface area contributed by atoms with Gasteiger partial charge in [0.05, 0.1) is 0 Å². The number of aryl methyl sites for hydroxylation is 3. The maximum atomic E-state index is 11.5. The van der Waals surface area contributed by atoms with Crippen molar-refractivity contribution in [1.29, 1.82) is 0 Å². The Labute approximate surface area is 79.1 Å². The molecule has 0 heterocycles. The lowest BCUT2D eigenvalue weighted by Crippen LogP contribution is -2.12. The van der Waals surface area contributed by atoms with E-state index in [2.05, 4.69) is 0 Å². The zero-order valence-electron chi connectivity index (χ0n) is 8.46. The summed E-state index contributed by atoms with van der Waals surface area (Å²) in [5.41, 5.74) is 2.95. The third-order valence-corrected chi connectivity index (χ3v) is 3.59. The van der Waals surface area contributed by atoms with E-state index in [9.17, 15) is 9.46 Å². The van der Waals surface area contributed by atoms with Gasteiger partial charge < -0.3 is 4.89 Å². The molecule has 1 atom stereocenters. The van der Waals surface area contributed by atoms with Crippen LogP contribution in [0.1, 0.15) is 16.7 Å². The standard InChI is InChI=1S/C10H15O2P/c1-7-5-8(2)10(9(3)6-7)13(4,11)12/h5-6H,1-4H3,(H,11,12). The molecule has 1 aromatic carbocycles. The fourth-order valence-electron chi connectivity index (χ4n) is 1.83. The van der Waals surface area contributed by atoms with Crippen LogP contribution in [0.15, 0.2) is 12.1 Å². The van der Waals surface area contributed by atoms with Gasteiger partial charge in [0.25, 0.3) is 0 Å². The molecular formula is C10H15O2P. The maximum absolute atomic E-state index is 11.5. The molecule has 0 aliphatic rings. The van der Waals surface area contributed by atoms with Crippen molar-refractivity contribution in [3.8, 4) is 0 Å². The molecule has 0 radical (unpaired) electrons. The van der Waals surface area contributed by atoms with E-state index in [0.717, 1.165) is 16.7 Å². The summed E-state index contributed by atoms with van der Waals surface area (Å²) >= 11 is 0. The molecule has 0 saturated carbocycles. The second-order valence-electron chi connectivity index (χ2n) is 3.63. The van der Waals surface area contributed by atoms with Crippen LogP contribution in [0, 0.1) is 20.8 Å². The van der Waals surface area contributed by atoms with Gasteiger partial charge in [-0.25, -0.2) is 0 Å². The Bertz CT molecular complexity index is 354. The fraction of sp³-hybridized carbons (Fsp3) is 0.400. The smallest absolute Gasteiger partial charge is 0.227 e. The summed E-state index contributed by atoms with van der Waals surface area (Å²) in [6.45, 7) is 7.13. The van der Waals surface area contributed by atoms with Crippen LogP contribution in [0.4, 0.5) is 0 Å². The number of hydrogen-bond donors (Lipinski definition) is 1. The minimum atomic E-state index is -3.11. The molecule has 0 spiro atoms. The molecule has 0 amide bonds. The van der Waals surface area contributed by atoms with E-state index in [0.29, 0.717) is 5.30 Å².